The second-order valence-electron chi connectivity index (χ2n) is 3.45. The zero-order chi connectivity index (χ0) is 11.0. The van der Waals surface area contributed by atoms with E-state index in [0.29, 0.717) is 4.34 Å². The second kappa shape index (κ2) is 3.88. The lowest BCUT2D eigenvalue weighted by Gasteiger charge is -1.99. The van der Waals surface area contributed by atoms with Gasteiger partial charge in [0.2, 0.25) is 0 Å². The van der Waals surface area contributed by atoms with Crippen LogP contribution in [0.3, 0.4) is 0 Å². The molecule has 3 rings (SSSR count). The van der Waals surface area contributed by atoms with Crippen molar-refractivity contribution in [1.82, 2.24) is 10.2 Å². The highest BCUT2D eigenvalue weighted by Crippen LogP contribution is 2.27. The summed E-state index contributed by atoms with van der Waals surface area (Å²) in [7, 11) is 0. The van der Waals surface area contributed by atoms with Gasteiger partial charge in [-0.3, -0.25) is 0 Å². The van der Waals surface area contributed by atoms with Crippen molar-refractivity contribution in [3.63, 3.8) is 0 Å². The van der Waals surface area contributed by atoms with E-state index in [1.54, 1.807) is 0 Å². The Hall–Kier alpha value is -1.39. The summed E-state index contributed by atoms with van der Waals surface area (Å²) in [5.74, 6) is 0. The third kappa shape index (κ3) is 1.70. The Kier molecular flexibility index (Phi) is 2.38. The highest BCUT2D eigenvalue weighted by atomic mass is 32.2. The maximum Gasteiger partial charge on any atom is 0.171 e. The second-order valence-corrected chi connectivity index (χ2v) is 5.16. The largest absolute Gasteiger partial charge is 0.171 e. The Labute approximate surface area is 102 Å². The fourth-order valence-corrected chi connectivity index (χ4v) is 2.54. The maximum atomic E-state index is 4.17. The summed E-state index contributed by atoms with van der Waals surface area (Å²) >= 11 is 5.67. The van der Waals surface area contributed by atoms with Crippen LogP contribution in [0, 0.1) is 0 Å². The highest BCUT2D eigenvalue weighted by molar-refractivity contribution is 7.82. The van der Waals surface area contributed by atoms with Crippen molar-refractivity contribution in [3.05, 3.63) is 42.5 Å². The molecular formula is C12H8N2S2. The lowest BCUT2D eigenvalue weighted by Crippen LogP contribution is -1.78. The summed E-state index contributed by atoms with van der Waals surface area (Å²) in [4.78, 5) is 0. The monoisotopic (exact) mass is 244 g/mol. The number of rotatable bonds is 1. The first kappa shape index (κ1) is 9.81. The molecule has 0 aliphatic rings. The van der Waals surface area contributed by atoms with Crippen molar-refractivity contribution < 1.29 is 0 Å². The van der Waals surface area contributed by atoms with E-state index < -0.39 is 0 Å². The minimum Gasteiger partial charge on any atom is -0.137 e. The number of nitrogens with zero attached hydrogens (tertiary/aromatic N) is 2. The lowest BCUT2D eigenvalue weighted by atomic mass is 10.1. The zero-order valence-corrected chi connectivity index (χ0v) is 10.0. The molecule has 0 radical (unpaired) electrons. The molecule has 0 bridgehead atoms. The standard InChI is InChI=1S/C12H8N2S2/c15-12-14-13-11(16-12)10-6-5-8-3-1-2-4-9(8)7-10/h1-7H,(H,14,15). The van der Waals surface area contributed by atoms with Crippen LogP contribution in [-0.2, 0) is 0 Å². The molecule has 3 aromatic rings. The minimum atomic E-state index is 0.697. The van der Waals surface area contributed by atoms with Gasteiger partial charge in [0.1, 0.15) is 5.01 Å². The summed E-state index contributed by atoms with van der Waals surface area (Å²) in [6.45, 7) is 0. The number of fused-ring (bicyclic) bond motifs is 1. The van der Waals surface area contributed by atoms with Crippen LogP contribution in [0.2, 0.25) is 0 Å². The van der Waals surface area contributed by atoms with Gasteiger partial charge < -0.3 is 0 Å². The molecule has 0 unspecified atom stereocenters. The Bertz CT molecular complexity index is 646. The number of benzene rings is 2. The van der Waals surface area contributed by atoms with Gasteiger partial charge in [-0.2, -0.15) is 0 Å². The predicted molar refractivity (Wildman–Crippen MR) is 70.1 cm³/mol. The van der Waals surface area contributed by atoms with Crippen molar-refractivity contribution in [2.24, 2.45) is 0 Å². The quantitative estimate of drug-likeness (QED) is 0.661. The van der Waals surface area contributed by atoms with E-state index in [2.05, 4.69) is 53.2 Å². The molecule has 0 saturated heterocycles. The Morgan fingerprint density at radius 3 is 2.50 bits per heavy atom. The van der Waals surface area contributed by atoms with E-state index in [-0.39, 0.29) is 0 Å². The molecule has 2 aromatic carbocycles. The Morgan fingerprint density at radius 1 is 0.938 bits per heavy atom. The van der Waals surface area contributed by atoms with Crippen LogP contribution in [0.25, 0.3) is 21.3 Å². The van der Waals surface area contributed by atoms with Crippen molar-refractivity contribution in [2.75, 3.05) is 0 Å². The Balaban J connectivity index is 2.18. The topological polar surface area (TPSA) is 25.8 Å². The van der Waals surface area contributed by atoms with Crippen LogP contribution in [-0.4, -0.2) is 10.2 Å². The molecule has 0 amide bonds. The number of hydrogen-bond donors (Lipinski definition) is 1. The molecule has 0 aliphatic heterocycles. The van der Waals surface area contributed by atoms with Gasteiger partial charge in [-0.15, -0.1) is 22.8 Å². The van der Waals surface area contributed by atoms with Crippen LogP contribution < -0.4 is 0 Å². The molecule has 2 nitrogen and oxygen atoms in total. The summed E-state index contributed by atoms with van der Waals surface area (Å²) in [6.07, 6.45) is 0. The van der Waals surface area contributed by atoms with Gasteiger partial charge in [0.15, 0.2) is 4.34 Å². The average molecular weight is 244 g/mol. The first-order valence-electron chi connectivity index (χ1n) is 4.84. The van der Waals surface area contributed by atoms with Gasteiger partial charge in [-0.25, -0.2) is 0 Å². The third-order valence-corrected chi connectivity index (χ3v) is 3.55. The van der Waals surface area contributed by atoms with Gasteiger partial charge in [-0.1, -0.05) is 47.7 Å². The zero-order valence-electron chi connectivity index (χ0n) is 8.29. The molecule has 16 heavy (non-hydrogen) atoms. The van der Waals surface area contributed by atoms with Crippen molar-refractivity contribution in [1.29, 1.82) is 0 Å². The maximum absolute atomic E-state index is 4.17. The molecule has 0 spiro atoms. The van der Waals surface area contributed by atoms with Crippen LogP contribution >= 0.6 is 24.0 Å². The van der Waals surface area contributed by atoms with Crippen molar-refractivity contribution in [3.8, 4) is 10.6 Å². The molecular weight excluding hydrogens is 236 g/mol. The smallest absolute Gasteiger partial charge is 0.137 e. The molecule has 1 aromatic heterocycles. The average Bonchev–Trinajstić information content (AvgIpc) is 2.75. The van der Waals surface area contributed by atoms with Gasteiger partial charge in [0.05, 0.1) is 0 Å². The molecule has 0 saturated carbocycles. The fraction of sp³-hybridized carbons (Fsp3) is 0. The van der Waals surface area contributed by atoms with Gasteiger partial charge in [0.25, 0.3) is 0 Å². The molecule has 78 valence electrons. The summed E-state index contributed by atoms with van der Waals surface area (Å²) in [5, 5.41) is 11.4. The highest BCUT2D eigenvalue weighted by Gasteiger charge is 2.04. The number of thiol groups is 1. The van der Waals surface area contributed by atoms with Gasteiger partial charge in [0, 0.05) is 5.56 Å². The van der Waals surface area contributed by atoms with E-state index in [0.717, 1.165) is 10.6 Å². The van der Waals surface area contributed by atoms with Crippen LogP contribution in [0.4, 0.5) is 0 Å². The van der Waals surface area contributed by atoms with E-state index in [1.165, 1.54) is 22.1 Å². The summed E-state index contributed by atoms with van der Waals surface area (Å²) in [5.41, 5.74) is 1.09. The molecule has 0 N–H and O–H groups in total. The number of hydrogen-bond acceptors (Lipinski definition) is 4. The van der Waals surface area contributed by atoms with Crippen LogP contribution in [0.5, 0.6) is 0 Å². The lowest BCUT2D eigenvalue weighted by molar-refractivity contribution is 1.02. The van der Waals surface area contributed by atoms with Gasteiger partial charge in [-0.05, 0) is 16.8 Å². The molecule has 0 aliphatic carbocycles. The molecule has 4 heteroatoms. The van der Waals surface area contributed by atoms with E-state index in [9.17, 15) is 0 Å². The number of aromatic nitrogens is 2. The molecule has 1 heterocycles. The normalized spacial score (nSPS) is 10.8. The van der Waals surface area contributed by atoms with Crippen molar-refractivity contribution >= 4 is 34.7 Å². The first-order valence-corrected chi connectivity index (χ1v) is 6.11. The summed E-state index contributed by atoms with van der Waals surface area (Å²) < 4.78 is 0.697. The van der Waals surface area contributed by atoms with E-state index in [4.69, 9.17) is 0 Å². The summed E-state index contributed by atoms with van der Waals surface area (Å²) in [6, 6.07) is 14.6. The van der Waals surface area contributed by atoms with Gasteiger partial charge >= 0.3 is 0 Å². The Morgan fingerprint density at radius 2 is 1.75 bits per heavy atom. The molecule has 0 fully saturated rings. The fourth-order valence-electron chi connectivity index (χ4n) is 1.65. The minimum absolute atomic E-state index is 0.697. The predicted octanol–water partition coefficient (Wildman–Crippen LogP) is 3.65. The van der Waals surface area contributed by atoms with Crippen LogP contribution in [0.1, 0.15) is 0 Å². The van der Waals surface area contributed by atoms with E-state index >= 15 is 0 Å². The van der Waals surface area contributed by atoms with Crippen molar-refractivity contribution in [2.45, 2.75) is 4.34 Å². The molecule has 0 atom stereocenters. The van der Waals surface area contributed by atoms with E-state index in [1.807, 2.05) is 12.1 Å². The van der Waals surface area contributed by atoms with Crippen LogP contribution in [0.15, 0.2) is 46.8 Å². The third-order valence-electron chi connectivity index (χ3n) is 2.41. The SMILES string of the molecule is Sc1nnc(-c2ccc3ccccc3c2)s1. The first-order chi connectivity index (χ1) is 7.83.